The van der Waals surface area contributed by atoms with E-state index in [2.05, 4.69) is 15.9 Å². The largest absolute Gasteiger partial charge is 0.460 e. The third-order valence-electron chi connectivity index (χ3n) is 2.86. The standard InChI is InChI=1S/C10H12BrNO3/c1-10(5-14-4-7(10)12)9(13)8-6(11)2-3-15-8/h2-3,7H,4-5,12H2,1H3. The van der Waals surface area contributed by atoms with E-state index in [9.17, 15) is 4.79 Å². The summed E-state index contributed by atoms with van der Waals surface area (Å²) in [6.07, 6.45) is 1.47. The fourth-order valence-electron chi connectivity index (χ4n) is 1.64. The highest BCUT2D eigenvalue weighted by Gasteiger charge is 2.46. The van der Waals surface area contributed by atoms with Crippen LogP contribution < -0.4 is 5.73 Å². The normalized spacial score (nSPS) is 30.7. The molecule has 15 heavy (non-hydrogen) atoms. The Kier molecular flexibility index (Phi) is 2.70. The van der Waals surface area contributed by atoms with Crippen LogP contribution in [-0.2, 0) is 4.74 Å². The van der Waals surface area contributed by atoms with Gasteiger partial charge >= 0.3 is 0 Å². The molecule has 1 aliphatic heterocycles. The van der Waals surface area contributed by atoms with Gasteiger partial charge in [-0.15, -0.1) is 0 Å². The number of Topliss-reactive ketones (excluding diaryl/α,β-unsaturated/α-hetero) is 1. The van der Waals surface area contributed by atoms with Crippen molar-refractivity contribution in [1.29, 1.82) is 0 Å². The van der Waals surface area contributed by atoms with Gasteiger partial charge in [-0.05, 0) is 28.9 Å². The first kappa shape index (κ1) is 10.9. The van der Waals surface area contributed by atoms with Crippen molar-refractivity contribution < 1.29 is 13.9 Å². The SMILES string of the molecule is CC1(C(=O)c2occc2Br)COCC1N. The second kappa shape index (κ2) is 3.73. The summed E-state index contributed by atoms with van der Waals surface area (Å²) in [6, 6.07) is 1.42. The Morgan fingerprint density at radius 3 is 2.93 bits per heavy atom. The van der Waals surface area contributed by atoms with Crippen molar-refractivity contribution in [2.45, 2.75) is 13.0 Å². The molecule has 0 aliphatic carbocycles. The predicted octanol–water partition coefficient (Wildman–Crippen LogP) is 1.59. The lowest BCUT2D eigenvalue weighted by Crippen LogP contribution is -2.44. The molecule has 1 aromatic rings. The predicted molar refractivity (Wildman–Crippen MR) is 57.6 cm³/mol. The van der Waals surface area contributed by atoms with Gasteiger partial charge in [0, 0.05) is 6.04 Å². The van der Waals surface area contributed by atoms with E-state index in [1.807, 2.05) is 6.92 Å². The van der Waals surface area contributed by atoms with Crippen molar-refractivity contribution in [3.05, 3.63) is 22.6 Å². The Morgan fingerprint density at radius 2 is 2.47 bits per heavy atom. The summed E-state index contributed by atoms with van der Waals surface area (Å²) in [5.74, 6) is 0.211. The summed E-state index contributed by atoms with van der Waals surface area (Å²) in [7, 11) is 0. The van der Waals surface area contributed by atoms with Crippen LogP contribution in [0, 0.1) is 5.41 Å². The molecular weight excluding hydrogens is 262 g/mol. The van der Waals surface area contributed by atoms with Gasteiger partial charge in [0.05, 0.1) is 29.4 Å². The van der Waals surface area contributed by atoms with Gasteiger partial charge in [0.2, 0.25) is 5.78 Å². The Hall–Kier alpha value is -0.650. The molecule has 4 nitrogen and oxygen atoms in total. The number of halogens is 1. The minimum absolute atomic E-state index is 0.107. The molecule has 0 saturated carbocycles. The van der Waals surface area contributed by atoms with Gasteiger partial charge in [0.25, 0.3) is 0 Å². The van der Waals surface area contributed by atoms with Crippen LogP contribution in [0.3, 0.4) is 0 Å². The molecule has 5 heteroatoms. The summed E-state index contributed by atoms with van der Waals surface area (Å²) in [5.41, 5.74) is 5.19. The highest BCUT2D eigenvalue weighted by molar-refractivity contribution is 9.10. The number of carbonyl (C=O) groups excluding carboxylic acids is 1. The Bertz CT molecular complexity index is 390. The molecule has 2 rings (SSSR count). The van der Waals surface area contributed by atoms with E-state index in [1.165, 1.54) is 6.26 Å². The molecule has 2 heterocycles. The summed E-state index contributed by atoms with van der Waals surface area (Å²) < 4.78 is 11.0. The smallest absolute Gasteiger partial charge is 0.208 e. The van der Waals surface area contributed by atoms with Crippen LogP contribution in [-0.4, -0.2) is 25.0 Å². The summed E-state index contributed by atoms with van der Waals surface area (Å²) in [5, 5.41) is 0. The molecule has 2 unspecified atom stereocenters. The molecule has 0 spiro atoms. The third-order valence-corrected chi connectivity index (χ3v) is 3.48. The minimum Gasteiger partial charge on any atom is -0.460 e. The monoisotopic (exact) mass is 273 g/mol. The van der Waals surface area contributed by atoms with Gasteiger partial charge in [-0.3, -0.25) is 4.79 Å². The highest BCUT2D eigenvalue weighted by atomic mass is 79.9. The zero-order chi connectivity index (χ0) is 11.1. The first-order valence-electron chi connectivity index (χ1n) is 4.67. The Balaban J connectivity index is 2.32. The zero-order valence-corrected chi connectivity index (χ0v) is 9.91. The zero-order valence-electron chi connectivity index (χ0n) is 8.33. The second-order valence-corrected chi connectivity index (χ2v) is 4.82. The molecule has 1 saturated heterocycles. The lowest BCUT2D eigenvalue weighted by Gasteiger charge is -2.23. The number of hydrogen-bond acceptors (Lipinski definition) is 4. The molecule has 0 radical (unpaired) electrons. The maximum Gasteiger partial charge on any atom is 0.208 e. The number of hydrogen-bond donors (Lipinski definition) is 1. The second-order valence-electron chi connectivity index (χ2n) is 3.97. The van der Waals surface area contributed by atoms with E-state index in [1.54, 1.807) is 6.07 Å². The maximum atomic E-state index is 12.2. The van der Waals surface area contributed by atoms with Crippen molar-refractivity contribution in [2.24, 2.45) is 11.1 Å². The van der Waals surface area contributed by atoms with E-state index in [4.69, 9.17) is 14.9 Å². The number of ketones is 1. The average Bonchev–Trinajstić information content (AvgIpc) is 2.75. The van der Waals surface area contributed by atoms with Gasteiger partial charge < -0.3 is 14.9 Å². The lowest BCUT2D eigenvalue weighted by molar-refractivity contribution is 0.0736. The van der Waals surface area contributed by atoms with E-state index < -0.39 is 5.41 Å². The van der Waals surface area contributed by atoms with E-state index in [0.29, 0.717) is 23.4 Å². The maximum absolute atomic E-state index is 12.2. The fourth-order valence-corrected chi connectivity index (χ4v) is 2.02. The summed E-state index contributed by atoms with van der Waals surface area (Å²) in [4.78, 5) is 12.2. The van der Waals surface area contributed by atoms with Crippen LogP contribution in [0.25, 0.3) is 0 Å². The van der Waals surface area contributed by atoms with Crippen molar-refractivity contribution in [3.8, 4) is 0 Å². The molecule has 2 N–H and O–H groups in total. The van der Waals surface area contributed by atoms with Crippen LogP contribution in [0.1, 0.15) is 17.5 Å². The highest BCUT2D eigenvalue weighted by Crippen LogP contribution is 2.33. The van der Waals surface area contributed by atoms with E-state index in [0.717, 1.165) is 0 Å². The number of furan rings is 1. The lowest BCUT2D eigenvalue weighted by atomic mass is 9.80. The molecule has 0 amide bonds. The van der Waals surface area contributed by atoms with Crippen molar-refractivity contribution in [3.63, 3.8) is 0 Å². The molecule has 0 bridgehead atoms. The van der Waals surface area contributed by atoms with E-state index in [-0.39, 0.29) is 11.8 Å². The van der Waals surface area contributed by atoms with Gasteiger partial charge in [-0.1, -0.05) is 0 Å². The van der Waals surface area contributed by atoms with Crippen molar-refractivity contribution in [2.75, 3.05) is 13.2 Å². The van der Waals surface area contributed by atoms with Gasteiger partial charge in [-0.2, -0.15) is 0 Å². The Morgan fingerprint density at radius 1 is 1.73 bits per heavy atom. The topological polar surface area (TPSA) is 65.5 Å². The molecule has 1 aromatic heterocycles. The first-order valence-corrected chi connectivity index (χ1v) is 5.46. The summed E-state index contributed by atoms with van der Waals surface area (Å²) in [6.45, 7) is 2.57. The van der Waals surface area contributed by atoms with Crippen LogP contribution in [0.15, 0.2) is 21.2 Å². The van der Waals surface area contributed by atoms with Gasteiger partial charge in [0.1, 0.15) is 0 Å². The molecule has 82 valence electrons. The third kappa shape index (κ3) is 1.64. The fraction of sp³-hybridized carbons (Fsp3) is 0.500. The quantitative estimate of drug-likeness (QED) is 0.832. The molecular formula is C10H12BrNO3. The van der Waals surface area contributed by atoms with Crippen molar-refractivity contribution in [1.82, 2.24) is 0 Å². The first-order chi connectivity index (χ1) is 7.05. The molecule has 0 aromatic carbocycles. The molecule has 1 fully saturated rings. The molecule has 2 atom stereocenters. The van der Waals surface area contributed by atoms with Gasteiger partial charge in [-0.25, -0.2) is 0 Å². The number of ether oxygens (including phenoxy) is 1. The Labute approximate surface area is 95.9 Å². The molecule has 1 aliphatic rings. The van der Waals surface area contributed by atoms with Crippen LogP contribution in [0.4, 0.5) is 0 Å². The number of nitrogens with two attached hydrogens (primary N) is 1. The number of rotatable bonds is 2. The van der Waals surface area contributed by atoms with Crippen LogP contribution in [0.5, 0.6) is 0 Å². The van der Waals surface area contributed by atoms with Crippen molar-refractivity contribution >= 4 is 21.7 Å². The minimum atomic E-state index is -0.680. The van der Waals surface area contributed by atoms with E-state index >= 15 is 0 Å². The van der Waals surface area contributed by atoms with Crippen LogP contribution >= 0.6 is 15.9 Å². The van der Waals surface area contributed by atoms with Crippen LogP contribution in [0.2, 0.25) is 0 Å². The van der Waals surface area contributed by atoms with Gasteiger partial charge in [0.15, 0.2) is 5.76 Å². The summed E-state index contributed by atoms with van der Waals surface area (Å²) >= 11 is 3.26. The average molecular weight is 274 g/mol. The number of carbonyl (C=O) groups is 1.